The second-order valence-electron chi connectivity index (χ2n) is 7.86. The highest BCUT2D eigenvalue weighted by molar-refractivity contribution is 7.08. The molecule has 164 valence electrons. The van der Waals surface area contributed by atoms with Crippen molar-refractivity contribution < 1.29 is 9.84 Å². The Labute approximate surface area is 184 Å². The first-order valence-electron chi connectivity index (χ1n) is 10.7. The molecule has 1 aromatic carbocycles. The van der Waals surface area contributed by atoms with Gasteiger partial charge >= 0.3 is 0 Å². The van der Waals surface area contributed by atoms with Crippen LogP contribution in [0, 0.1) is 0 Å². The standard InChI is InChI=1S/C23H34N4O2S/c1-4-24-22(26-17-23(2,28)18-11-14-30-16-18)25-15-20(27-12-7-8-13-27)19-9-5-6-10-21(19)29-3/h5-6,9-11,14,16,20,28H,4,7-8,12-13,15,17H2,1-3H3,(H2,24,25,26). The Morgan fingerprint density at radius 3 is 2.70 bits per heavy atom. The fraction of sp³-hybridized carbons (Fsp3) is 0.522. The van der Waals surface area contributed by atoms with Gasteiger partial charge in [0, 0.05) is 18.7 Å². The molecule has 0 radical (unpaired) electrons. The van der Waals surface area contributed by atoms with Crippen molar-refractivity contribution in [2.45, 2.75) is 38.3 Å². The summed E-state index contributed by atoms with van der Waals surface area (Å²) in [5.74, 6) is 1.63. The molecule has 30 heavy (non-hydrogen) atoms. The van der Waals surface area contributed by atoms with Crippen molar-refractivity contribution in [3.05, 3.63) is 52.2 Å². The molecular weight excluding hydrogens is 396 g/mol. The van der Waals surface area contributed by atoms with Crippen molar-refractivity contribution in [3.63, 3.8) is 0 Å². The molecule has 0 bridgehead atoms. The Balaban J connectivity index is 1.74. The van der Waals surface area contributed by atoms with Crippen LogP contribution in [0.2, 0.25) is 0 Å². The van der Waals surface area contributed by atoms with Gasteiger partial charge in [-0.05, 0) is 68.2 Å². The van der Waals surface area contributed by atoms with Crippen LogP contribution in [-0.2, 0) is 5.60 Å². The summed E-state index contributed by atoms with van der Waals surface area (Å²) >= 11 is 1.58. The molecule has 0 saturated carbocycles. The number of likely N-dealkylation sites (tertiary alicyclic amines) is 1. The molecule has 1 aromatic heterocycles. The molecule has 7 heteroatoms. The summed E-state index contributed by atoms with van der Waals surface area (Å²) in [5.41, 5.74) is 1.10. The van der Waals surface area contributed by atoms with E-state index in [4.69, 9.17) is 4.74 Å². The Bertz CT molecular complexity index is 801. The van der Waals surface area contributed by atoms with E-state index in [2.05, 4.69) is 32.7 Å². The van der Waals surface area contributed by atoms with Crippen LogP contribution in [0.3, 0.4) is 0 Å². The molecule has 3 rings (SSSR count). The van der Waals surface area contributed by atoms with Gasteiger partial charge in [-0.3, -0.25) is 4.90 Å². The number of hydrogen-bond donors (Lipinski definition) is 3. The van der Waals surface area contributed by atoms with Gasteiger partial charge in [-0.1, -0.05) is 18.2 Å². The van der Waals surface area contributed by atoms with E-state index < -0.39 is 5.60 Å². The van der Waals surface area contributed by atoms with Crippen LogP contribution in [0.25, 0.3) is 0 Å². The highest BCUT2D eigenvalue weighted by Gasteiger charge is 2.27. The van der Waals surface area contributed by atoms with Crippen molar-refractivity contribution in [1.29, 1.82) is 0 Å². The summed E-state index contributed by atoms with van der Waals surface area (Å²) in [5, 5.41) is 21.6. The number of aliphatic imine (C=N–C) groups is 1. The predicted molar refractivity (Wildman–Crippen MR) is 124 cm³/mol. The summed E-state index contributed by atoms with van der Waals surface area (Å²) in [6.45, 7) is 7.80. The average Bonchev–Trinajstić information content (AvgIpc) is 3.47. The van der Waals surface area contributed by atoms with E-state index in [0.717, 1.165) is 30.9 Å². The molecule has 2 atom stereocenters. The molecule has 1 aliphatic heterocycles. The number of aliphatic hydroxyl groups is 1. The van der Waals surface area contributed by atoms with Crippen molar-refractivity contribution >= 4 is 17.3 Å². The maximum Gasteiger partial charge on any atom is 0.191 e. The van der Waals surface area contributed by atoms with Gasteiger partial charge in [0.1, 0.15) is 11.4 Å². The smallest absolute Gasteiger partial charge is 0.191 e. The molecule has 3 N–H and O–H groups in total. The largest absolute Gasteiger partial charge is 0.496 e. The maximum atomic E-state index is 10.8. The van der Waals surface area contributed by atoms with Crippen LogP contribution in [-0.4, -0.2) is 55.8 Å². The highest BCUT2D eigenvalue weighted by Crippen LogP contribution is 2.31. The minimum absolute atomic E-state index is 0.199. The number of thiophene rings is 1. The third kappa shape index (κ3) is 5.74. The van der Waals surface area contributed by atoms with Gasteiger partial charge in [0.2, 0.25) is 0 Å². The van der Waals surface area contributed by atoms with E-state index in [1.807, 2.05) is 42.8 Å². The van der Waals surface area contributed by atoms with Crippen LogP contribution in [0.5, 0.6) is 5.75 Å². The van der Waals surface area contributed by atoms with Crippen LogP contribution in [0.15, 0.2) is 46.1 Å². The SMILES string of the molecule is CCNC(=NCC(C)(O)c1ccsc1)NCC(c1ccccc1OC)N1CCCC1. The lowest BCUT2D eigenvalue weighted by atomic mass is 10.00. The monoisotopic (exact) mass is 430 g/mol. The van der Waals surface area contributed by atoms with E-state index in [-0.39, 0.29) is 6.04 Å². The minimum Gasteiger partial charge on any atom is -0.496 e. The quantitative estimate of drug-likeness (QED) is 0.420. The number of nitrogens with one attached hydrogen (secondary N) is 2. The lowest BCUT2D eigenvalue weighted by molar-refractivity contribution is 0.0677. The lowest BCUT2D eigenvalue weighted by Crippen LogP contribution is -2.43. The minimum atomic E-state index is -0.987. The first kappa shape index (κ1) is 22.6. The van der Waals surface area contributed by atoms with Crippen LogP contribution >= 0.6 is 11.3 Å². The fourth-order valence-electron chi connectivity index (χ4n) is 3.86. The molecule has 1 saturated heterocycles. The Hall–Kier alpha value is -2.09. The molecule has 2 heterocycles. The normalized spacial score (nSPS) is 18.1. The van der Waals surface area contributed by atoms with Gasteiger partial charge in [-0.2, -0.15) is 11.3 Å². The first-order valence-corrected chi connectivity index (χ1v) is 11.6. The molecular formula is C23H34N4O2S. The number of rotatable bonds is 9. The molecule has 2 aromatic rings. The number of nitrogens with zero attached hydrogens (tertiary/aromatic N) is 2. The number of methoxy groups -OCH3 is 1. The van der Waals surface area contributed by atoms with Crippen molar-refractivity contribution in [2.75, 3.05) is 39.8 Å². The average molecular weight is 431 g/mol. The Kier molecular flexibility index (Phi) is 8.13. The summed E-state index contributed by atoms with van der Waals surface area (Å²) in [4.78, 5) is 7.19. The maximum absolute atomic E-state index is 10.8. The number of hydrogen-bond acceptors (Lipinski definition) is 5. The third-order valence-electron chi connectivity index (χ3n) is 5.57. The van der Waals surface area contributed by atoms with Crippen LogP contribution in [0.1, 0.15) is 43.9 Å². The summed E-state index contributed by atoms with van der Waals surface area (Å²) in [7, 11) is 1.73. The molecule has 2 unspecified atom stereocenters. The second-order valence-corrected chi connectivity index (χ2v) is 8.64. The van der Waals surface area contributed by atoms with Gasteiger partial charge in [-0.25, -0.2) is 4.99 Å². The topological polar surface area (TPSA) is 69.1 Å². The van der Waals surface area contributed by atoms with Crippen molar-refractivity contribution in [2.24, 2.45) is 4.99 Å². The number of benzene rings is 1. The zero-order chi connectivity index (χ0) is 21.4. The van der Waals surface area contributed by atoms with E-state index >= 15 is 0 Å². The third-order valence-corrected chi connectivity index (χ3v) is 6.26. The van der Waals surface area contributed by atoms with Crippen LogP contribution in [0.4, 0.5) is 0 Å². The molecule has 6 nitrogen and oxygen atoms in total. The van der Waals surface area contributed by atoms with Gasteiger partial charge in [0.05, 0.1) is 19.7 Å². The van der Waals surface area contributed by atoms with Crippen molar-refractivity contribution in [1.82, 2.24) is 15.5 Å². The lowest BCUT2D eigenvalue weighted by Gasteiger charge is -2.30. The van der Waals surface area contributed by atoms with Gasteiger partial charge in [0.15, 0.2) is 5.96 Å². The number of para-hydroxylation sites is 1. The predicted octanol–water partition coefficient (Wildman–Crippen LogP) is 3.36. The molecule has 1 aliphatic rings. The second kappa shape index (κ2) is 10.8. The van der Waals surface area contributed by atoms with Crippen molar-refractivity contribution in [3.8, 4) is 5.75 Å². The van der Waals surface area contributed by atoms with Gasteiger partial charge < -0.3 is 20.5 Å². The molecule has 0 aliphatic carbocycles. The van der Waals surface area contributed by atoms with Gasteiger partial charge in [0.25, 0.3) is 0 Å². The molecule has 1 fully saturated rings. The Morgan fingerprint density at radius 1 is 1.27 bits per heavy atom. The summed E-state index contributed by atoms with van der Waals surface area (Å²) < 4.78 is 5.64. The van der Waals surface area contributed by atoms with Gasteiger partial charge in [-0.15, -0.1) is 0 Å². The number of guanidine groups is 1. The number of ether oxygens (including phenoxy) is 1. The molecule has 0 spiro atoms. The fourth-order valence-corrected chi connectivity index (χ4v) is 4.64. The zero-order valence-corrected chi connectivity index (χ0v) is 19.0. The van der Waals surface area contributed by atoms with E-state index in [1.165, 1.54) is 18.4 Å². The summed E-state index contributed by atoms with van der Waals surface area (Å²) in [6, 6.07) is 10.4. The van der Waals surface area contributed by atoms with E-state index in [0.29, 0.717) is 19.0 Å². The highest BCUT2D eigenvalue weighted by atomic mass is 32.1. The molecule has 0 amide bonds. The van der Waals surface area contributed by atoms with E-state index in [1.54, 1.807) is 18.4 Å². The first-order chi connectivity index (χ1) is 14.5. The van der Waals surface area contributed by atoms with Crippen LogP contribution < -0.4 is 15.4 Å². The zero-order valence-electron chi connectivity index (χ0n) is 18.2. The summed E-state index contributed by atoms with van der Waals surface area (Å²) in [6.07, 6.45) is 2.45. The van der Waals surface area contributed by atoms with E-state index in [9.17, 15) is 5.11 Å². The Morgan fingerprint density at radius 2 is 2.03 bits per heavy atom.